The second-order valence-electron chi connectivity index (χ2n) is 6.22. The molecule has 8 heteroatoms. The summed E-state index contributed by atoms with van der Waals surface area (Å²) in [7, 11) is 0. The van der Waals surface area contributed by atoms with Crippen molar-refractivity contribution >= 4 is 23.3 Å². The fourth-order valence-corrected chi connectivity index (χ4v) is 3.28. The van der Waals surface area contributed by atoms with Crippen LogP contribution in [0, 0.1) is 11.6 Å². The highest BCUT2D eigenvalue weighted by Crippen LogP contribution is 2.29. The van der Waals surface area contributed by atoms with E-state index in [1.807, 2.05) is 30.3 Å². The molecule has 0 spiro atoms. The van der Waals surface area contributed by atoms with Gasteiger partial charge in [0, 0.05) is 29.8 Å². The normalized spacial score (nSPS) is 13.4. The number of hydrogen-bond donors (Lipinski definition) is 2. The Morgan fingerprint density at radius 1 is 1.19 bits per heavy atom. The second-order valence-corrected chi connectivity index (χ2v) is 6.60. The number of carbonyl (C=O) groups excluding carboxylic acids is 1. The largest absolute Gasteiger partial charge is 0.322 e. The summed E-state index contributed by atoms with van der Waals surface area (Å²) in [5, 5.41) is 9.22. The first-order chi connectivity index (χ1) is 13.0. The van der Waals surface area contributed by atoms with Gasteiger partial charge in [0.15, 0.2) is 5.82 Å². The number of carbonyl (C=O) groups is 1. The molecule has 2 amide bonds. The van der Waals surface area contributed by atoms with E-state index in [4.69, 9.17) is 11.6 Å². The summed E-state index contributed by atoms with van der Waals surface area (Å²) >= 11 is 5.57. The fraction of sp³-hybridized carbons (Fsp3) is 0.158. The first-order valence-corrected chi connectivity index (χ1v) is 8.73. The Kier molecular flexibility index (Phi) is 4.53. The minimum Gasteiger partial charge on any atom is -0.320 e. The Balaban J connectivity index is 1.55. The number of halogens is 3. The van der Waals surface area contributed by atoms with Gasteiger partial charge in [-0.05, 0) is 12.1 Å². The average molecular weight is 389 g/mol. The van der Waals surface area contributed by atoms with Crippen LogP contribution in [0.5, 0.6) is 0 Å². The number of fused-ring (bicyclic) bond motifs is 1. The highest BCUT2D eigenvalue weighted by molar-refractivity contribution is 6.31. The van der Waals surface area contributed by atoms with Crippen LogP contribution in [-0.2, 0) is 13.0 Å². The number of nitrogens with zero attached hydrogens (tertiary/aromatic N) is 2. The van der Waals surface area contributed by atoms with E-state index in [9.17, 15) is 13.6 Å². The van der Waals surface area contributed by atoms with Crippen LogP contribution in [0.1, 0.15) is 11.3 Å². The zero-order valence-corrected chi connectivity index (χ0v) is 14.9. The van der Waals surface area contributed by atoms with Gasteiger partial charge in [0.2, 0.25) is 0 Å². The van der Waals surface area contributed by atoms with E-state index in [1.54, 1.807) is 4.90 Å². The molecule has 1 aromatic heterocycles. The Morgan fingerprint density at radius 2 is 1.96 bits per heavy atom. The molecule has 2 heterocycles. The molecule has 2 N–H and O–H groups in total. The van der Waals surface area contributed by atoms with E-state index in [0.717, 1.165) is 34.6 Å². The van der Waals surface area contributed by atoms with Gasteiger partial charge in [0.25, 0.3) is 0 Å². The van der Waals surface area contributed by atoms with E-state index in [1.165, 1.54) is 0 Å². The lowest BCUT2D eigenvalue weighted by molar-refractivity contribution is 0.206. The van der Waals surface area contributed by atoms with Crippen molar-refractivity contribution in [3.63, 3.8) is 0 Å². The minimum atomic E-state index is -0.990. The van der Waals surface area contributed by atoms with Crippen molar-refractivity contribution in [2.75, 3.05) is 11.9 Å². The molecule has 0 aliphatic carbocycles. The van der Waals surface area contributed by atoms with Crippen molar-refractivity contribution < 1.29 is 13.6 Å². The third-order valence-corrected chi connectivity index (χ3v) is 4.89. The molecule has 0 bridgehead atoms. The number of hydrogen-bond acceptors (Lipinski definition) is 2. The van der Waals surface area contributed by atoms with Crippen LogP contribution in [0.2, 0.25) is 5.02 Å². The van der Waals surface area contributed by atoms with Gasteiger partial charge in [0.1, 0.15) is 10.8 Å². The Bertz CT molecular complexity index is 1010. The van der Waals surface area contributed by atoms with Gasteiger partial charge >= 0.3 is 6.03 Å². The summed E-state index contributed by atoms with van der Waals surface area (Å²) < 4.78 is 27.3. The number of amides is 2. The summed E-state index contributed by atoms with van der Waals surface area (Å²) in [4.78, 5) is 14.1. The molecule has 1 aliphatic rings. The monoisotopic (exact) mass is 388 g/mol. The van der Waals surface area contributed by atoms with Crippen molar-refractivity contribution in [2.45, 2.75) is 13.0 Å². The number of urea groups is 1. The number of aromatic amines is 1. The van der Waals surface area contributed by atoms with Crippen LogP contribution in [0.3, 0.4) is 0 Å². The molecule has 0 saturated heterocycles. The zero-order valence-electron chi connectivity index (χ0n) is 14.1. The topological polar surface area (TPSA) is 61.0 Å². The minimum absolute atomic E-state index is 0.160. The summed E-state index contributed by atoms with van der Waals surface area (Å²) in [6, 6.07) is 11.3. The molecule has 0 fully saturated rings. The van der Waals surface area contributed by atoms with Crippen LogP contribution in [0.25, 0.3) is 11.3 Å². The molecule has 0 saturated carbocycles. The van der Waals surface area contributed by atoms with Gasteiger partial charge in [-0.2, -0.15) is 5.10 Å². The molecule has 0 atom stereocenters. The molecule has 0 radical (unpaired) electrons. The molecule has 5 nitrogen and oxygen atoms in total. The molecule has 27 heavy (non-hydrogen) atoms. The van der Waals surface area contributed by atoms with Crippen LogP contribution in [0.15, 0.2) is 42.5 Å². The van der Waals surface area contributed by atoms with Crippen molar-refractivity contribution in [3.8, 4) is 11.3 Å². The number of H-pyrrole nitrogens is 1. The molecular weight excluding hydrogens is 374 g/mol. The molecule has 2 aromatic carbocycles. The quantitative estimate of drug-likeness (QED) is 0.630. The lowest BCUT2D eigenvalue weighted by atomic mass is 10.0. The van der Waals surface area contributed by atoms with Crippen LogP contribution in [0.4, 0.5) is 19.3 Å². The van der Waals surface area contributed by atoms with E-state index in [2.05, 4.69) is 15.5 Å². The Labute approximate surface area is 159 Å². The highest BCUT2D eigenvalue weighted by Gasteiger charge is 2.26. The van der Waals surface area contributed by atoms with Crippen molar-refractivity contribution in [1.29, 1.82) is 0 Å². The third kappa shape index (κ3) is 3.26. The maximum atomic E-state index is 14.0. The lowest BCUT2D eigenvalue weighted by Crippen LogP contribution is -2.39. The summed E-state index contributed by atoms with van der Waals surface area (Å²) in [5.74, 6) is -1.86. The molecule has 4 rings (SSSR count). The summed E-state index contributed by atoms with van der Waals surface area (Å²) in [6.07, 6.45) is 0.606. The molecule has 3 aromatic rings. The van der Waals surface area contributed by atoms with Crippen molar-refractivity contribution in [1.82, 2.24) is 15.1 Å². The standard InChI is InChI=1S/C19H15ClF2N4O/c20-16-13(21)6-7-15(17(16)22)23-19(27)26-9-8-14-12(10-26)18(25-24-14)11-4-2-1-3-5-11/h1-7H,8-10H2,(H,23,27)(H,24,25). The summed E-state index contributed by atoms with van der Waals surface area (Å²) in [5.41, 5.74) is 3.49. The molecule has 138 valence electrons. The van der Waals surface area contributed by atoms with E-state index < -0.39 is 22.7 Å². The number of nitrogens with one attached hydrogen (secondary N) is 2. The average Bonchev–Trinajstić information content (AvgIpc) is 3.12. The smallest absolute Gasteiger partial charge is 0.320 e. The number of rotatable bonds is 2. The Hall–Kier alpha value is -2.93. The fourth-order valence-electron chi connectivity index (χ4n) is 3.12. The van der Waals surface area contributed by atoms with Crippen molar-refractivity contribution in [2.24, 2.45) is 0 Å². The van der Waals surface area contributed by atoms with Gasteiger partial charge in [-0.3, -0.25) is 5.10 Å². The van der Waals surface area contributed by atoms with E-state index >= 15 is 0 Å². The predicted molar refractivity (Wildman–Crippen MR) is 98.5 cm³/mol. The van der Waals surface area contributed by atoms with Gasteiger partial charge in [-0.15, -0.1) is 0 Å². The summed E-state index contributed by atoms with van der Waals surface area (Å²) in [6.45, 7) is 0.782. The number of aromatic nitrogens is 2. The first kappa shape index (κ1) is 17.5. The number of benzene rings is 2. The third-order valence-electron chi connectivity index (χ3n) is 4.54. The predicted octanol–water partition coefficient (Wildman–Crippen LogP) is 4.60. The lowest BCUT2D eigenvalue weighted by Gasteiger charge is -2.27. The Morgan fingerprint density at radius 3 is 2.74 bits per heavy atom. The van der Waals surface area contributed by atoms with E-state index in [0.29, 0.717) is 19.5 Å². The van der Waals surface area contributed by atoms with Gasteiger partial charge in [-0.1, -0.05) is 41.9 Å². The molecule has 0 unspecified atom stereocenters. The maximum Gasteiger partial charge on any atom is 0.322 e. The second kappa shape index (κ2) is 7.00. The number of anilines is 1. The van der Waals surface area contributed by atoms with Crippen LogP contribution < -0.4 is 5.32 Å². The first-order valence-electron chi connectivity index (χ1n) is 8.35. The van der Waals surface area contributed by atoms with Gasteiger partial charge in [-0.25, -0.2) is 13.6 Å². The van der Waals surface area contributed by atoms with Gasteiger partial charge in [0.05, 0.1) is 17.9 Å². The SMILES string of the molecule is O=C(Nc1ccc(F)c(Cl)c1F)N1CCc2[nH]nc(-c3ccccc3)c2C1. The van der Waals surface area contributed by atoms with Gasteiger partial charge < -0.3 is 10.2 Å². The van der Waals surface area contributed by atoms with Crippen LogP contribution in [-0.4, -0.2) is 27.7 Å². The maximum absolute atomic E-state index is 14.0. The highest BCUT2D eigenvalue weighted by atomic mass is 35.5. The van der Waals surface area contributed by atoms with Crippen molar-refractivity contribution in [3.05, 3.63) is 70.4 Å². The zero-order chi connectivity index (χ0) is 19.0. The van der Waals surface area contributed by atoms with E-state index in [-0.39, 0.29) is 5.69 Å². The molecule has 1 aliphatic heterocycles. The van der Waals surface area contributed by atoms with Crippen LogP contribution >= 0.6 is 11.6 Å². The molecular formula is C19H15ClF2N4O.